The highest BCUT2D eigenvalue weighted by atomic mass is 16.8. The number of aromatic nitrogens is 1. The largest absolute Gasteiger partial charge is 0.350 e. The molecule has 2 aromatic carbocycles. The SMILES string of the molecule is CCCCN1CC(=O)N2Cc3c(c4ccccc4n3Cc3ccc(C(=O)NOC4CCCCO4)cc3)CC2C1=O. The molecule has 2 unspecified atom stereocenters. The van der Waals surface area contributed by atoms with Crippen molar-refractivity contribution >= 4 is 28.6 Å². The van der Waals surface area contributed by atoms with Gasteiger partial charge in [-0.3, -0.25) is 14.4 Å². The van der Waals surface area contributed by atoms with E-state index >= 15 is 0 Å². The molecular formula is C31H36N4O5. The van der Waals surface area contributed by atoms with Crippen molar-refractivity contribution in [2.45, 2.75) is 70.9 Å². The number of unbranched alkanes of at least 4 members (excludes halogenated alkanes) is 1. The van der Waals surface area contributed by atoms with Gasteiger partial charge in [0, 0.05) is 54.7 Å². The van der Waals surface area contributed by atoms with Crippen molar-refractivity contribution in [1.29, 1.82) is 0 Å². The van der Waals surface area contributed by atoms with Crippen LogP contribution >= 0.6 is 0 Å². The Bertz CT molecular complexity index is 1410. The molecule has 2 fully saturated rings. The molecule has 0 saturated carbocycles. The smallest absolute Gasteiger partial charge is 0.274 e. The van der Waals surface area contributed by atoms with Crippen LogP contribution in [0.3, 0.4) is 0 Å². The number of nitrogens with one attached hydrogen (secondary N) is 1. The Morgan fingerprint density at radius 1 is 1.07 bits per heavy atom. The second-order valence-corrected chi connectivity index (χ2v) is 10.9. The number of carbonyl (C=O) groups excluding carboxylic acids is 3. The van der Waals surface area contributed by atoms with Crippen LogP contribution < -0.4 is 5.48 Å². The van der Waals surface area contributed by atoms with Gasteiger partial charge in [0.25, 0.3) is 5.91 Å². The van der Waals surface area contributed by atoms with Crippen LogP contribution in [0, 0.1) is 0 Å². The highest BCUT2D eigenvalue weighted by molar-refractivity contribution is 5.97. The number of benzene rings is 2. The lowest BCUT2D eigenvalue weighted by Gasteiger charge is -2.43. The van der Waals surface area contributed by atoms with E-state index in [1.807, 2.05) is 24.3 Å². The van der Waals surface area contributed by atoms with Crippen molar-refractivity contribution in [3.63, 3.8) is 0 Å². The van der Waals surface area contributed by atoms with Crippen LogP contribution in [0.25, 0.3) is 10.9 Å². The third-order valence-corrected chi connectivity index (χ3v) is 8.29. The molecule has 0 radical (unpaired) electrons. The number of ether oxygens (including phenoxy) is 1. The number of rotatable bonds is 8. The summed E-state index contributed by atoms with van der Waals surface area (Å²) >= 11 is 0. The first-order valence-electron chi connectivity index (χ1n) is 14.4. The van der Waals surface area contributed by atoms with E-state index in [-0.39, 0.29) is 24.3 Å². The molecular weight excluding hydrogens is 508 g/mol. The molecule has 9 heteroatoms. The minimum Gasteiger partial charge on any atom is -0.350 e. The molecule has 2 saturated heterocycles. The van der Waals surface area contributed by atoms with Crippen LogP contribution in [0.4, 0.5) is 0 Å². The second kappa shape index (κ2) is 11.4. The van der Waals surface area contributed by atoms with Crippen molar-refractivity contribution in [2.24, 2.45) is 0 Å². The molecule has 3 aliphatic heterocycles. The van der Waals surface area contributed by atoms with Crippen LogP contribution in [0.2, 0.25) is 0 Å². The molecule has 4 heterocycles. The number of hydroxylamine groups is 1. The summed E-state index contributed by atoms with van der Waals surface area (Å²) in [6, 6.07) is 15.3. The molecule has 9 nitrogen and oxygen atoms in total. The first kappa shape index (κ1) is 26.5. The van der Waals surface area contributed by atoms with Crippen molar-refractivity contribution < 1.29 is 24.0 Å². The fourth-order valence-electron chi connectivity index (χ4n) is 6.08. The lowest BCUT2D eigenvalue weighted by molar-refractivity contribution is -0.186. The minimum absolute atomic E-state index is 0.0133. The third-order valence-electron chi connectivity index (χ3n) is 8.29. The summed E-state index contributed by atoms with van der Waals surface area (Å²) in [5, 5.41) is 1.13. The molecule has 0 spiro atoms. The van der Waals surface area contributed by atoms with E-state index in [4.69, 9.17) is 9.57 Å². The highest BCUT2D eigenvalue weighted by Gasteiger charge is 2.43. The molecule has 3 aromatic rings. The predicted octanol–water partition coefficient (Wildman–Crippen LogP) is 3.77. The maximum atomic E-state index is 13.4. The maximum absolute atomic E-state index is 13.4. The number of piperazine rings is 1. The Balaban J connectivity index is 1.22. The van der Waals surface area contributed by atoms with Gasteiger partial charge in [0.1, 0.15) is 6.04 Å². The predicted molar refractivity (Wildman–Crippen MR) is 149 cm³/mol. The topological polar surface area (TPSA) is 93.1 Å². The number of nitrogens with zero attached hydrogens (tertiary/aromatic N) is 3. The molecule has 1 aromatic heterocycles. The zero-order chi connectivity index (χ0) is 27.6. The van der Waals surface area contributed by atoms with Crippen LogP contribution in [-0.2, 0) is 38.7 Å². The molecule has 210 valence electrons. The van der Waals surface area contributed by atoms with Gasteiger partial charge >= 0.3 is 0 Å². The monoisotopic (exact) mass is 544 g/mol. The first-order chi connectivity index (χ1) is 19.5. The number of para-hydroxylation sites is 1. The van der Waals surface area contributed by atoms with E-state index in [9.17, 15) is 14.4 Å². The Morgan fingerprint density at radius 2 is 1.90 bits per heavy atom. The van der Waals surface area contributed by atoms with Gasteiger partial charge in [-0.15, -0.1) is 0 Å². The van der Waals surface area contributed by atoms with Gasteiger partial charge in [0.05, 0.1) is 13.1 Å². The molecule has 0 bridgehead atoms. The summed E-state index contributed by atoms with van der Waals surface area (Å²) < 4.78 is 7.75. The summed E-state index contributed by atoms with van der Waals surface area (Å²) in [4.78, 5) is 48.0. The first-order valence-corrected chi connectivity index (χ1v) is 14.4. The van der Waals surface area contributed by atoms with E-state index in [1.54, 1.807) is 21.9 Å². The van der Waals surface area contributed by atoms with Crippen molar-refractivity contribution in [3.05, 3.63) is 70.9 Å². The molecule has 0 aliphatic carbocycles. The number of hydrogen-bond acceptors (Lipinski definition) is 5. The summed E-state index contributed by atoms with van der Waals surface area (Å²) in [6.07, 6.45) is 4.82. The van der Waals surface area contributed by atoms with Gasteiger partial charge in [-0.1, -0.05) is 43.7 Å². The molecule has 3 amide bonds. The maximum Gasteiger partial charge on any atom is 0.274 e. The van der Waals surface area contributed by atoms with E-state index in [1.165, 1.54) is 0 Å². The fourth-order valence-corrected chi connectivity index (χ4v) is 6.08. The lowest BCUT2D eigenvalue weighted by atomic mass is 9.93. The van der Waals surface area contributed by atoms with Gasteiger partial charge in [0.15, 0.2) is 6.29 Å². The zero-order valence-electron chi connectivity index (χ0n) is 22.9. The van der Waals surface area contributed by atoms with Crippen LogP contribution in [0.5, 0.6) is 0 Å². The van der Waals surface area contributed by atoms with Crippen molar-refractivity contribution in [1.82, 2.24) is 19.8 Å². The van der Waals surface area contributed by atoms with E-state index in [0.29, 0.717) is 38.2 Å². The van der Waals surface area contributed by atoms with E-state index in [0.717, 1.165) is 59.8 Å². The highest BCUT2D eigenvalue weighted by Crippen LogP contribution is 2.35. The van der Waals surface area contributed by atoms with Crippen LogP contribution in [0.1, 0.15) is 66.2 Å². The minimum atomic E-state index is -0.441. The third kappa shape index (κ3) is 5.11. The van der Waals surface area contributed by atoms with Gasteiger partial charge in [0.2, 0.25) is 11.8 Å². The van der Waals surface area contributed by atoms with Gasteiger partial charge < -0.3 is 19.1 Å². The molecule has 1 N–H and O–H groups in total. The van der Waals surface area contributed by atoms with Gasteiger partial charge in [-0.25, -0.2) is 10.3 Å². The average Bonchev–Trinajstić information content (AvgIpc) is 3.29. The summed E-state index contributed by atoms with van der Waals surface area (Å²) in [5.41, 5.74) is 7.35. The summed E-state index contributed by atoms with van der Waals surface area (Å²) in [5.74, 6) is -0.236. The Kier molecular flexibility index (Phi) is 7.58. The fraction of sp³-hybridized carbons (Fsp3) is 0.452. The quantitative estimate of drug-likeness (QED) is 0.436. The van der Waals surface area contributed by atoms with E-state index < -0.39 is 12.3 Å². The van der Waals surface area contributed by atoms with E-state index in [2.05, 4.69) is 29.1 Å². The second-order valence-electron chi connectivity index (χ2n) is 10.9. The van der Waals surface area contributed by atoms with Crippen LogP contribution in [0.15, 0.2) is 48.5 Å². The zero-order valence-corrected chi connectivity index (χ0v) is 22.9. The van der Waals surface area contributed by atoms with Gasteiger partial charge in [-0.2, -0.15) is 0 Å². The Labute approximate surface area is 234 Å². The summed E-state index contributed by atoms with van der Waals surface area (Å²) in [6.45, 7) is 4.54. The average molecular weight is 545 g/mol. The number of hydrogen-bond donors (Lipinski definition) is 1. The molecule has 3 aliphatic rings. The Morgan fingerprint density at radius 3 is 2.67 bits per heavy atom. The standard InChI is InChI=1S/C31H36N4O5/c1-2-3-15-33-20-28(36)35-19-27-24(17-26(35)31(33)38)23-8-4-5-9-25(23)34(27)18-21-11-13-22(14-12-21)30(37)32-40-29-10-6-7-16-39-29/h4-5,8-9,11-14,26,29H,2-3,6-7,10,15-20H2,1H3,(H,32,37). The van der Waals surface area contributed by atoms with Gasteiger partial charge in [-0.05, 0) is 48.6 Å². The normalized spacial score (nSPS) is 20.9. The van der Waals surface area contributed by atoms with Crippen LogP contribution in [-0.4, -0.2) is 64.1 Å². The lowest BCUT2D eigenvalue weighted by Crippen LogP contribution is -2.61. The van der Waals surface area contributed by atoms with Crippen molar-refractivity contribution in [3.8, 4) is 0 Å². The molecule has 40 heavy (non-hydrogen) atoms. The molecule has 6 rings (SSSR count). The summed E-state index contributed by atoms with van der Waals surface area (Å²) in [7, 11) is 0. The number of amides is 3. The number of fused-ring (bicyclic) bond motifs is 4. The Hall–Kier alpha value is -3.69. The number of carbonyl (C=O) groups is 3. The van der Waals surface area contributed by atoms with Crippen molar-refractivity contribution in [2.75, 3.05) is 19.7 Å². The molecule has 2 atom stereocenters.